The minimum Gasteiger partial charge on any atom is -0.497 e. The maximum atomic E-state index is 9.77. The van der Waals surface area contributed by atoms with E-state index in [1.54, 1.807) is 14.2 Å². The second-order valence-electron chi connectivity index (χ2n) is 8.51. The van der Waals surface area contributed by atoms with E-state index in [-0.39, 0.29) is 11.5 Å². The van der Waals surface area contributed by atoms with Crippen molar-refractivity contribution in [3.8, 4) is 11.5 Å². The number of carboxylic acid groups (broad SMARTS) is 2. The maximum Gasteiger partial charge on any atom is 0.335 e. The fourth-order valence-corrected chi connectivity index (χ4v) is 5.37. The van der Waals surface area contributed by atoms with Crippen LogP contribution in [0, 0.1) is 0 Å². The van der Waals surface area contributed by atoms with Gasteiger partial charge in [-0.3, -0.25) is 4.90 Å². The third-order valence-corrected chi connectivity index (χ3v) is 6.96. The van der Waals surface area contributed by atoms with Crippen molar-refractivity contribution in [1.82, 2.24) is 4.90 Å². The van der Waals surface area contributed by atoms with Crippen LogP contribution >= 0.6 is 0 Å². The van der Waals surface area contributed by atoms with Crippen molar-refractivity contribution in [2.24, 2.45) is 0 Å². The Balaban J connectivity index is 0.000000223. The molecule has 1 aromatic carbocycles. The smallest absolute Gasteiger partial charge is 0.335 e. The SMILES string of the molecule is COC1=CC=C2[C@H]3Cc4ccc(OC)c5c4[C@@]2(CCN3C)[C@H]1O5.O=C(O)[C@H](O)[C@@H](O)C(=O)O. The lowest BCUT2D eigenvalue weighted by Crippen LogP contribution is -2.58. The summed E-state index contributed by atoms with van der Waals surface area (Å²) in [6.45, 7) is 1.08. The van der Waals surface area contributed by atoms with Crippen LogP contribution in [0.2, 0.25) is 0 Å². The second kappa shape index (κ2) is 8.36. The number of rotatable bonds is 5. The number of hydrogen-bond donors (Lipinski definition) is 4. The molecular formula is C23H27NO9. The van der Waals surface area contributed by atoms with E-state index in [9.17, 15) is 9.59 Å². The number of piperidine rings is 1. The molecule has 1 fully saturated rings. The fraction of sp³-hybridized carbons (Fsp3) is 0.478. The number of allylic oxidation sites excluding steroid dienone is 2. The van der Waals surface area contributed by atoms with Crippen LogP contribution in [0.1, 0.15) is 17.5 Å². The molecule has 0 aromatic heterocycles. The molecule has 5 atom stereocenters. The Hall–Kier alpha value is -3.08. The van der Waals surface area contributed by atoms with Gasteiger partial charge < -0.3 is 34.6 Å². The maximum absolute atomic E-state index is 9.77. The average molecular weight is 461 g/mol. The number of carbonyl (C=O) groups is 2. The van der Waals surface area contributed by atoms with Gasteiger partial charge in [0.1, 0.15) is 5.76 Å². The number of hydrogen-bond acceptors (Lipinski definition) is 8. The Morgan fingerprint density at radius 3 is 2.36 bits per heavy atom. The fourth-order valence-electron chi connectivity index (χ4n) is 5.37. The van der Waals surface area contributed by atoms with Crippen molar-refractivity contribution in [3.05, 3.63) is 46.7 Å². The standard InChI is InChI=1S/C19H21NO3.C4H6O6/c1-20-9-8-19-12-5-7-15(22-3)18(19)23-17-14(21-2)6-4-11(16(17)19)10-13(12)20;5-1(3(7)8)2(6)4(9)10/h4-7,13,18H,8-10H2,1-3H3;1-2,5-6H,(H,7,8)(H,9,10)/t13-,18+,19+;1-,2-/m11/s1. The minimum atomic E-state index is -2.27. The van der Waals surface area contributed by atoms with Gasteiger partial charge in [0.25, 0.3) is 0 Å². The molecule has 1 saturated heterocycles. The highest BCUT2D eigenvalue weighted by molar-refractivity contribution is 5.83. The second-order valence-corrected chi connectivity index (χ2v) is 8.51. The summed E-state index contributed by atoms with van der Waals surface area (Å²) >= 11 is 0. The highest BCUT2D eigenvalue weighted by atomic mass is 16.6. The molecule has 4 aliphatic rings. The van der Waals surface area contributed by atoms with Crippen LogP contribution in [0.4, 0.5) is 0 Å². The number of aliphatic hydroxyl groups is 2. The molecule has 33 heavy (non-hydrogen) atoms. The van der Waals surface area contributed by atoms with Gasteiger partial charge in [-0.1, -0.05) is 12.1 Å². The van der Waals surface area contributed by atoms with Gasteiger partial charge in [-0.2, -0.15) is 0 Å². The Morgan fingerprint density at radius 2 is 1.79 bits per heavy atom. The van der Waals surface area contributed by atoms with Gasteiger partial charge in [0.2, 0.25) is 0 Å². The number of likely N-dealkylation sites (N-methyl/N-ethyl adjacent to an activating group) is 1. The van der Waals surface area contributed by atoms with Crippen molar-refractivity contribution in [3.63, 3.8) is 0 Å². The zero-order valence-electron chi connectivity index (χ0n) is 18.5. The molecule has 178 valence electrons. The Kier molecular flexibility index (Phi) is 5.85. The van der Waals surface area contributed by atoms with Crippen LogP contribution in [0.25, 0.3) is 0 Å². The highest BCUT2D eigenvalue weighted by Gasteiger charge is 2.62. The van der Waals surface area contributed by atoms with E-state index in [1.165, 1.54) is 16.7 Å². The molecule has 2 heterocycles. The molecule has 4 N–H and O–H groups in total. The molecule has 0 saturated carbocycles. The third kappa shape index (κ3) is 3.36. The van der Waals surface area contributed by atoms with Crippen LogP contribution in [0.15, 0.2) is 35.6 Å². The van der Waals surface area contributed by atoms with Crippen molar-refractivity contribution in [2.75, 3.05) is 27.8 Å². The lowest BCUT2D eigenvalue weighted by molar-refractivity contribution is -0.165. The number of aliphatic hydroxyl groups excluding tert-OH is 2. The summed E-state index contributed by atoms with van der Waals surface area (Å²) < 4.78 is 17.7. The third-order valence-electron chi connectivity index (χ3n) is 6.96. The molecule has 10 nitrogen and oxygen atoms in total. The molecule has 10 heteroatoms. The molecule has 5 rings (SSSR count). The lowest BCUT2D eigenvalue weighted by Gasteiger charge is -2.52. The molecule has 2 bridgehead atoms. The van der Waals surface area contributed by atoms with Crippen LogP contribution < -0.4 is 9.47 Å². The summed E-state index contributed by atoms with van der Waals surface area (Å²) in [5.74, 6) is -0.860. The van der Waals surface area contributed by atoms with E-state index in [1.807, 2.05) is 6.07 Å². The van der Waals surface area contributed by atoms with Crippen LogP contribution in [0.5, 0.6) is 11.5 Å². The van der Waals surface area contributed by atoms with E-state index in [0.29, 0.717) is 6.04 Å². The predicted molar refractivity (Wildman–Crippen MR) is 114 cm³/mol. The molecule has 0 unspecified atom stereocenters. The van der Waals surface area contributed by atoms with Gasteiger partial charge in [-0.05, 0) is 49.7 Å². The Morgan fingerprint density at radius 1 is 1.12 bits per heavy atom. The van der Waals surface area contributed by atoms with E-state index >= 15 is 0 Å². The molecule has 2 aliphatic heterocycles. The van der Waals surface area contributed by atoms with Gasteiger partial charge in [-0.25, -0.2) is 9.59 Å². The van der Waals surface area contributed by atoms with Gasteiger partial charge in [0, 0.05) is 11.6 Å². The first-order chi connectivity index (χ1) is 15.7. The molecule has 1 aromatic rings. The first-order valence-corrected chi connectivity index (χ1v) is 10.5. The number of benzene rings is 1. The van der Waals surface area contributed by atoms with Crippen LogP contribution in [0.3, 0.4) is 0 Å². The quantitative estimate of drug-likeness (QED) is 0.483. The molecule has 2 aliphatic carbocycles. The molecule has 0 amide bonds. The Labute approximate surface area is 190 Å². The zero-order chi connectivity index (χ0) is 24.1. The van der Waals surface area contributed by atoms with Crippen molar-refractivity contribution >= 4 is 11.9 Å². The molecule has 0 radical (unpaired) electrons. The summed E-state index contributed by atoms with van der Waals surface area (Å²) in [5.41, 5.74) is 4.15. The lowest BCUT2D eigenvalue weighted by atomic mass is 9.57. The topological polar surface area (TPSA) is 146 Å². The monoisotopic (exact) mass is 461 g/mol. The van der Waals surface area contributed by atoms with Gasteiger partial charge in [0.05, 0.1) is 19.6 Å². The number of methoxy groups -OCH3 is 2. The van der Waals surface area contributed by atoms with Crippen LogP contribution in [-0.2, 0) is 26.2 Å². The average Bonchev–Trinajstić information content (AvgIpc) is 3.15. The summed E-state index contributed by atoms with van der Waals surface area (Å²) in [6, 6.07) is 4.72. The summed E-state index contributed by atoms with van der Waals surface area (Å²) in [6.07, 6.45) is 1.88. The van der Waals surface area contributed by atoms with Gasteiger partial charge in [0.15, 0.2) is 29.8 Å². The van der Waals surface area contributed by atoms with Gasteiger partial charge in [-0.15, -0.1) is 0 Å². The molecular weight excluding hydrogens is 434 g/mol. The van der Waals surface area contributed by atoms with Crippen molar-refractivity contribution in [2.45, 2.75) is 42.6 Å². The number of aliphatic carboxylic acids is 2. The summed E-state index contributed by atoms with van der Waals surface area (Å²) in [4.78, 5) is 22.0. The van der Waals surface area contributed by atoms with E-state index in [0.717, 1.165) is 36.6 Å². The highest BCUT2D eigenvalue weighted by Crippen LogP contribution is 2.62. The van der Waals surface area contributed by atoms with E-state index in [2.05, 4.69) is 30.2 Å². The van der Waals surface area contributed by atoms with Crippen molar-refractivity contribution in [1.29, 1.82) is 0 Å². The number of ether oxygens (including phenoxy) is 3. The Bertz CT molecular complexity index is 1030. The van der Waals surface area contributed by atoms with E-state index in [4.69, 9.17) is 34.6 Å². The first-order valence-electron chi connectivity index (χ1n) is 10.5. The molecule has 1 spiro atoms. The van der Waals surface area contributed by atoms with E-state index < -0.39 is 24.1 Å². The van der Waals surface area contributed by atoms with Gasteiger partial charge >= 0.3 is 11.9 Å². The van der Waals surface area contributed by atoms with Crippen LogP contribution in [-0.4, -0.2) is 89.4 Å². The summed E-state index contributed by atoms with van der Waals surface area (Å²) in [5, 5.41) is 32.5. The summed E-state index contributed by atoms with van der Waals surface area (Å²) in [7, 11) is 5.68. The normalized spacial score (nSPS) is 28.0. The minimum absolute atomic E-state index is 0.0611. The predicted octanol–water partition coefficient (Wildman–Crippen LogP) is 0.302. The largest absolute Gasteiger partial charge is 0.497 e. The number of likely N-dealkylation sites (tertiary alicyclic amines) is 1. The number of carboxylic acids is 2. The first kappa shape index (κ1) is 23.1. The van der Waals surface area contributed by atoms with Crippen molar-refractivity contribution < 1.29 is 44.2 Å². The number of nitrogens with zero attached hydrogens (tertiary/aromatic N) is 1. The zero-order valence-corrected chi connectivity index (χ0v) is 18.5.